The van der Waals surface area contributed by atoms with E-state index in [9.17, 15) is 9.59 Å². The zero-order chi connectivity index (χ0) is 25.2. The lowest BCUT2D eigenvalue weighted by molar-refractivity contribution is -0.115. The number of carbonyl (C=O) groups is 2. The Hall–Kier alpha value is -4.26. The molecule has 184 valence electrons. The number of anilines is 2. The lowest BCUT2D eigenvalue weighted by atomic mass is 10.1. The van der Waals surface area contributed by atoms with E-state index in [0.29, 0.717) is 35.8 Å². The van der Waals surface area contributed by atoms with Crippen LogP contribution in [0.25, 0.3) is 6.08 Å². The number of piperazine rings is 1. The van der Waals surface area contributed by atoms with Gasteiger partial charge in [0.1, 0.15) is 5.75 Å². The molecule has 7 nitrogen and oxygen atoms in total. The molecule has 0 atom stereocenters. The average molecular weight is 484 g/mol. The van der Waals surface area contributed by atoms with Gasteiger partial charge in [0.25, 0.3) is 11.8 Å². The largest absolute Gasteiger partial charge is 0.496 e. The fourth-order valence-corrected chi connectivity index (χ4v) is 4.61. The van der Waals surface area contributed by atoms with Crippen molar-refractivity contribution in [1.29, 1.82) is 0 Å². The van der Waals surface area contributed by atoms with Crippen molar-refractivity contribution in [1.82, 2.24) is 4.90 Å². The van der Waals surface area contributed by atoms with Crippen LogP contribution in [0.5, 0.6) is 11.5 Å². The molecule has 7 heteroatoms. The van der Waals surface area contributed by atoms with E-state index in [2.05, 4.69) is 42.3 Å². The van der Waals surface area contributed by atoms with Crippen molar-refractivity contribution in [2.75, 3.05) is 43.5 Å². The predicted molar refractivity (Wildman–Crippen MR) is 141 cm³/mol. The Bertz CT molecular complexity index is 1360. The van der Waals surface area contributed by atoms with Crippen LogP contribution in [0.4, 0.5) is 11.4 Å². The second-order valence-electron chi connectivity index (χ2n) is 9.09. The maximum atomic E-state index is 13.2. The molecule has 1 fully saturated rings. The summed E-state index contributed by atoms with van der Waals surface area (Å²) in [6.45, 7) is 7.04. The Balaban J connectivity index is 1.28. The Labute approximate surface area is 210 Å². The number of amides is 2. The molecule has 0 bridgehead atoms. The van der Waals surface area contributed by atoms with Gasteiger partial charge >= 0.3 is 0 Å². The smallest absolute Gasteiger partial charge is 0.291 e. The van der Waals surface area contributed by atoms with Crippen LogP contribution in [0.2, 0.25) is 0 Å². The van der Waals surface area contributed by atoms with Crippen LogP contribution < -0.4 is 19.7 Å². The summed E-state index contributed by atoms with van der Waals surface area (Å²) in [5.41, 5.74) is 5.44. The number of ether oxygens (including phenoxy) is 2. The summed E-state index contributed by atoms with van der Waals surface area (Å²) in [7, 11) is 1.58. The molecule has 36 heavy (non-hydrogen) atoms. The quantitative estimate of drug-likeness (QED) is 0.547. The second kappa shape index (κ2) is 9.77. The zero-order valence-corrected chi connectivity index (χ0v) is 20.7. The molecule has 0 spiro atoms. The highest BCUT2D eigenvalue weighted by atomic mass is 16.5. The minimum absolute atomic E-state index is 0.0528. The molecule has 2 aliphatic rings. The van der Waals surface area contributed by atoms with Gasteiger partial charge in [0.2, 0.25) is 0 Å². The lowest BCUT2D eigenvalue weighted by Gasteiger charge is -2.37. The summed E-state index contributed by atoms with van der Waals surface area (Å²) in [6, 6.07) is 19.0. The number of rotatable bonds is 4. The van der Waals surface area contributed by atoms with E-state index in [0.717, 1.165) is 18.7 Å². The van der Waals surface area contributed by atoms with E-state index in [1.807, 2.05) is 29.2 Å². The first kappa shape index (κ1) is 23.5. The highest BCUT2D eigenvalue weighted by molar-refractivity contribution is 6.09. The predicted octanol–water partition coefficient (Wildman–Crippen LogP) is 4.65. The molecule has 0 aromatic heterocycles. The first-order valence-electron chi connectivity index (χ1n) is 12.0. The van der Waals surface area contributed by atoms with Crippen molar-refractivity contribution in [3.05, 3.63) is 88.7 Å². The number of hydrogen-bond donors (Lipinski definition) is 1. The summed E-state index contributed by atoms with van der Waals surface area (Å²) >= 11 is 0. The van der Waals surface area contributed by atoms with Gasteiger partial charge in [-0.05, 0) is 61.4 Å². The molecule has 3 aromatic rings. The zero-order valence-electron chi connectivity index (χ0n) is 20.7. The minimum Gasteiger partial charge on any atom is -0.496 e. The number of carbonyl (C=O) groups excluding carboxylic acids is 2. The number of methoxy groups -OCH3 is 1. The SMILES string of the molecule is COc1ccccc1/C=C1/Oc2ccc(C(=O)N3CCN(c4cc(C)ccc4C)CC3)cc2NC1=O. The third-order valence-electron chi connectivity index (χ3n) is 6.62. The van der Waals surface area contributed by atoms with E-state index in [4.69, 9.17) is 9.47 Å². The maximum absolute atomic E-state index is 13.2. The van der Waals surface area contributed by atoms with Gasteiger partial charge in [-0.15, -0.1) is 0 Å². The molecular weight excluding hydrogens is 454 g/mol. The van der Waals surface area contributed by atoms with Gasteiger partial charge in [0.15, 0.2) is 11.5 Å². The Morgan fingerprint density at radius 1 is 1.00 bits per heavy atom. The number of para-hydroxylation sites is 1. The molecule has 0 radical (unpaired) electrons. The fourth-order valence-electron chi connectivity index (χ4n) is 4.61. The number of fused-ring (bicyclic) bond motifs is 1. The summed E-state index contributed by atoms with van der Waals surface area (Å²) in [5.74, 6) is 0.870. The van der Waals surface area contributed by atoms with Gasteiger partial charge in [0, 0.05) is 43.0 Å². The Kier molecular flexibility index (Phi) is 6.38. The summed E-state index contributed by atoms with van der Waals surface area (Å²) in [4.78, 5) is 30.2. The van der Waals surface area contributed by atoms with Crippen LogP contribution in [0.3, 0.4) is 0 Å². The monoisotopic (exact) mass is 483 g/mol. The van der Waals surface area contributed by atoms with Crippen molar-refractivity contribution >= 4 is 29.3 Å². The lowest BCUT2D eigenvalue weighted by Crippen LogP contribution is -2.49. The Morgan fingerprint density at radius 3 is 2.56 bits per heavy atom. The van der Waals surface area contributed by atoms with E-state index in [1.165, 1.54) is 16.8 Å². The standard InChI is InChI=1S/C29H29N3O4/c1-19-8-9-20(2)24(16-19)31-12-14-32(15-13-31)29(34)22-10-11-26-23(17-22)30-28(33)27(36-26)18-21-6-4-5-7-25(21)35-3/h4-11,16-18H,12-15H2,1-3H3,(H,30,33)/b27-18+. The highest BCUT2D eigenvalue weighted by Gasteiger charge is 2.27. The molecule has 2 aliphatic heterocycles. The van der Waals surface area contributed by atoms with Gasteiger partial charge < -0.3 is 24.6 Å². The normalized spacial score (nSPS) is 16.3. The molecule has 2 amide bonds. The van der Waals surface area contributed by atoms with Crippen LogP contribution in [0, 0.1) is 13.8 Å². The number of aryl methyl sites for hydroxylation is 2. The summed E-state index contributed by atoms with van der Waals surface area (Å²) in [6.07, 6.45) is 1.64. The second-order valence-corrected chi connectivity index (χ2v) is 9.09. The molecule has 0 saturated carbocycles. The highest BCUT2D eigenvalue weighted by Crippen LogP contribution is 2.34. The van der Waals surface area contributed by atoms with E-state index < -0.39 is 0 Å². The molecule has 3 aromatic carbocycles. The van der Waals surface area contributed by atoms with Crippen molar-refractivity contribution < 1.29 is 19.1 Å². The molecule has 2 heterocycles. The molecule has 5 rings (SSSR count). The van der Waals surface area contributed by atoms with Crippen LogP contribution >= 0.6 is 0 Å². The maximum Gasteiger partial charge on any atom is 0.291 e. The first-order valence-corrected chi connectivity index (χ1v) is 12.0. The van der Waals surface area contributed by atoms with Gasteiger partial charge in [-0.3, -0.25) is 9.59 Å². The molecule has 1 N–H and O–H groups in total. The topological polar surface area (TPSA) is 71.1 Å². The van der Waals surface area contributed by atoms with Crippen LogP contribution in [0.15, 0.2) is 66.4 Å². The third kappa shape index (κ3) is 4.64. The molecule has 0 aliphatic carbocycles. The van der Waals surface area contributed by atoms with E-state index in [1.54, 1.807) is 31.4 Å². The average Bonchev–Trinajstić information content (AvgIpc) is 2.90. The molecular formula is C29H29N3O4. The van der Waals surface area contributed by atoms with Crippen LogP contribution in [0.1, 0.15) is 27.0 Å². The molecule has 0 unspecified atom stereocenters. The van der Waals surface area contributed by atoms with Gasteiger partial charge in [-0.2, -0.15) is 0 Å². The van der Waals surface area contributed by atoms with Gasteiger partial charge in [-0.1, -0.05) is 30.3 Å². The van der Waals surface area contributed by atoms with E-state index in [-0.39, 0.29) is 17.6 Å². The van der Waals surface area contributed by atoms with E-state index >= 15 is 0 Å². The number of benzene rings is 3. The minimum atomic E-state index is -0.375. The number of nitrogens with one attached hydrogen (secondary N) is 1. The van der Waals surface area contributed by atoms with Crippen LogP contribution in [-0.4, -0.2) is 50.0 Å². The van der Waals surface area contributed by atoms with Crippen LogP contribution in [-0.2, 0) is 4.79 Å². The van der Waals surface area contributed by atoms with Crippen molar-refractivity contribution in [3.63, 3.8) is 0 Å². The van der Waals surface area contributed by atoms with Crippen molar-refractivity contribution in [3.8, 4) is 11.5 Å². The number of nitrogens with zero attached hydrogens (tertiary/aromatic N) is 2. The van der Waals surface area contributed by atoms with Gasteiger partial charge in [0.05, 0.1) is 12.8 Å². The number of hydrogen-bond acceptors (Lipinski definition) is 5. The van der Waals surface area contributed by atoms with Gasteiger partial charge in [-0.25, -0.2) is 0 Å². The fraction of sp³-hybridized carbons (Fsp3) is 0.241. The molecule has 1 saturated heterocycles. The first-order chi connectivity index (χ1) is 17.4. The Morgan fingerprint density at radius 2 is 1.78 bits per heavy atom. The third-order valence-corrected chi connectivity index (χ3v) is 6.62. The summed E-state index contributed by atoms with van der Waals surface area (Å²) in [5, 5.41) is 2.85. The van der Waals surface area contributed by atoms with Crippen molar-refractivity contribution in [2.24, 2.45) is 0 Å². The van der Waals surface area contributed by atoms with Crippen molar-refractivity contribution in [2.45, 2.75) is 13.8 Å². The summed E-state index contributed by atoms with van der Waals surface area (Å²) < 4.78 is 11.2.